The van der Waals surface area contributed by atoms with Crippen LogP contribution >= 0.6 is 11.6 Å². The second kappa shape index (κ2) is 5.46. The molecule has 0 bridgehead atoms. The van der Waals surface area contributed by atoms with Gasteiger partial charge in [-0.1, -0.05) is 11.6 Å². The Balaban J connectivity index is 1.70. The van der Waals surface area contributed by atoms with Crippen molar-refractivity contribution in [2.24, 2.45) is 0 Å². The van der Waals surface area contributed by atoms with Gasteiger partial charge < -0.3 is 5.32 Å². The van der Waals surface area contributed by atoms with Gasteiger partial charge in [-0.05, 0) is 24.6 Å². The summed E-state index contributed by atoms with van der Waals surface area (Å²) < 4.78 is 1.90. The third kappa shape index (κ3) is 3.20. The average molecular weight is 238 g/mol. The molecule has 2 heterocycles. The Labute approximate surface area is 98.5 Å². The van der Waals surface area contributed by atoms with Crippen molar-refractivity contribution in [3.05, 3.63) is 35.7 Å². The van der Waals surface area contributed by atoms with Crippen LogP contribution in [0.25, 0.3) is 0 Å². The van der Waals surface area contributed by atoms with Gasteiger partial charge in [0.2, 0.25) is 0 Å². The lowest BCUT2D eigenvalue weighted by Crippen LogP contribution is -2.08. The molecule has 0 amide bonds. The van der Waals surface area contributed by atoms with E-state index in [1.54, 1.807) is 12.3 Å². The molecule has 0 saturated carbocycles. The molecule has 0 unspecified atom stereocenters. The van der Waals surface area contributed by atoms with Gasteiger partial charge in [0, 0.05) is 25.5 Å². The highest BCUT2D eigenvalue weighted by Crippen LogP contribution is 2.05. The van der Waals surface area contributed by atoms with Crippen molar-refractivity contribution >= 4 is 17.4 Å². The predicted octanol–water partition coefficient (Wildman–Crippen LogP) is 1.83. The van der Waals surface area contributed by atoms with Crippen LogP contribution in [-0.2, 0) is 6.54 Å². The molecule has 1 N–H and O–H groups in total. The van der Waals surface area contributed by atoms with E-state index in [0.29, 0.717) is 5.15 Å². The number of halogens is 1. The Morgan fingerprint density at radius 2 is 2.25 bits per heavy atom. The van der Waals surface area contributed by atoms with Gasteiger partial charge in [-0.25, -0.2) is 0 Å². The Hall–Kier alpha value is -1.62. The first-order chi connectivity index (χ1) is 7.84. The third-order valence-corrected chi connectivity index (χ3v) is 2.26. The van der Waals surface area contributed by atoms with Crippen LogP contribution in [0.15, 0.2) is 30.6 Å². The lowest BCUT2D eigenvalue weighted by Gasteiger charge is -2.04. The van der Waals surface area contributed by atoms with Gasteiger partial charge in [0.1, 0.15) is 5.82 Å². The smallest absolute Gasteiger partial charge is 0.151 e. The van der Waals surface area contributed by atoms with E-state index >= 15 is 0 Å². The average Bonchev–Trinajstić information content (AvgIpc) is 2.80. The van der Waals surface area contributed by atoms with Crippen LogP contribution in [0.4, 0.5) is 5.82 Å². The van der Waals surface area contributed by atoms with E-state index < -0.39 is 0 Å². The van der Waals surface area contributed by atoms with Crippen molar-refractivity contribution in [3.63, 3.8) is 0 Å². The number of nitrogens with one attached hydrogen (secondary N) is 1. The van der Waals surface area contributed by atoms with Crippen molar-refractivity contribution in [3.8, 4) is 0 Å². The van der Waals surface area contributed by atoms with Gasteiger partial charge in [-0.3, -0.25) is 4.68 Å². The molecule has 0 aromatic carbocycles. The van der Waals surface area contributed by atoms with Crippen molar-refractivity contribution in [1.82, 2.24) is 20.0 Å². The molecule has 2 aromatic rings. The molecule has 84 valence electrons. The van der Waals surface area contributed by atoms with E-state index in [1.165, 1.54) is 0 Å². The molecule has 0 aliphatic rings. The molecule has 2 rings (SSSR count). The zero-order valence-electron chi connectivity index (χ0n) is 8.67. The van der Waals surface area contributed by atoms with E-state index in [4.69, 9.17) is 11.6 Å². The van der Waals surface area contributed by atoms with Crippen LogP contribution < -0.4 is 5.32 Å². The first kappa shape index (κ1) is 10.9. The van der Waals surface area contributed by atoms with E-state index in [9.17, 15) is 0 Å². The van der Waals surface area contributed by atoms with Crippen LogP contribution in [0.5, 0.6) is 0 Å². The summed E-state index contributed by atoms with van der Waals surface area (Å²) in [6.45, 7) is 1.72. The van der Waals surface area contributed by atoms with Gasteiger partial charge in [0.15, 0.2) is 5.15 Å². The molecular formula is C10H12ClN5. The standard InChI is InChI=1S/C10H12ClN5/c11-9-3-4-10(15-14-9)12-5-1-7-16-8-2-6-13-16/h2-4,6,8H,1,5,7H2,(H,12,15). The number of rotatable bonds is 5. The fourth-order valence-corrected chi connectivity index (χ4v) is 1.40. The maximum absolute atomic E-state index is 5.63. The Kier molecular flexibility index (Phi) is 3.71. The maximum atomic E-state index is 5.63. The molecule has 0 aliphatic heterocycles. The number of nitrogens with zero attached hydrogens (tertiary/aromatic N) is 4. The van der Waals surface area contributed by atoms with Crippen molar-refractivity contribution in [2.45, 2.75) is 13.0 Å². The monoisotopic (exact) mass is 237 g/mol. The van der Waals surface area contributed by atoms with Crippen molar-refractivity contribution < 1.29 is 0 Å². The Bertz CT molecular complexity index is 411. The minimum atomic E-state index is 0.405. The summed E-state index contributed by atoms with van der Waals surface area (Å²) in [5.74, 6) is 0.741. The maximum Gasteiger partial charge on any atom is 0.151 e. The van der Waals surface area contributed by atoms with Crippen LogP contribution in [-0.4, -0.2) is 26.5 Å². The Morgan fingerprint density at radius 1 is 1.31 bits per heavy atom. The highest BCUT2D eigenvalue weighted by Gasteiger charge is 1.95. The fourth-order valence-electron chi connectivity index (χ4n) is 1.30. The molecule has 0 radical (unpaired) electrons. The van der Waals surface area contributed by atoms with Crippen molar-refractivity contribution in [2.75, 3.05) is 11.9 Å². The molecule has 0 atom stereocenters. The minimum absolute atomic E-state index is 0.405. The van der Waals surface area contributed by atoms with Gasteiger partial charge in [0.25, 0.3) is 0 Å². The quantitative estimate of drug-likeness (QED) is 0.807. The molecular weight excluding hydrogens is 226 g/mol. The summed E-state index contributed by atoms with van der Waals surface area (Å²) >= 11 is 5.63. The zero-order chi connectivity index (χ0) is 11.2. The molecule has 0 fully saturated rings. The predicted molar refractivity (Wildman–Crippen MR) is 62.4 cm³/mol. The SMILES string of the molecule is Clc1ccc(NCCCn2cccn2)nn1. The first-order valence-electron chi connectivity index (χ1n) is 5.05. The van der Waals surface area contributed by atoms with Crippen LogP contribution in [0.3, 0.4) is 0 Å². The molecule has 2 aromatic heterocycles. The summed E-state index contributed by atoms with van der Waals surface area (Å²) in [5.41, 5.74) is 0. The Morgan fingerprint density at radius 3 is 2.94 bits per heavy atom. The van der Waals surface area contributed by atoms with Crippen LogP contribution in [0.1, 0.15) is 6.42 Å². The normalized spacial score (nSPS) is 10.3. The first-order valence-corrected chi connectivity index (χ1v) is 5.43. The topological polar surface area (TPSA) is 55.6 Å². The van der Waals surface area contributed by atoms with E-state index in [-0.39, 0.29) is 0 Å². The molecule has 0 saturated heterocycles. The number of hydrogen-bond acceptors (Lipinski definition) is 4. The summed E-state index contributed by atoms with van der Waals surface area (Å²) in [6, 6.07) is 5.44. The molecule has 16 heavy (non-hydrogen) atoms. The lowest BCUT2D eigenvalue weighted by molar-refractivity contribution is 0.591. The molecule has 0 aliphatic carbocycles. The minimum Gasteiger partial charge on any atom is -0.369 e. The highest BCUT2D eigenvalue weighted by atomic mass is 35.5. The molecule has 6 heteroatoms. The number of aryl methyl sites for hydroxylation is 1. The summed E-state index contributed by atoms with van der Waals surface area (Å²) in [4.78, 5) is 0. The van der Waals surface area contributed by atoms with Crippen molar-refractivity contribution in [1.29, 1.82) is 0 Å². The number of aromatic nitrogens is 4. The van der Waals surface area contributed by atoms with E-state index in [2.05, 4.69) is 20.6 Å². The van der Waals surface area contributed by atoms with E-state index in [0.717, 1.165) is 25.3 Å². The highest BCUT2D eigenvalue weighted by molar-refractivity contribution is 6.29. The largest absolute Gasteiger partial charge is 0.369 e. The summed E-state index contributed by atoms with van der Waals surface area (Å²) in [5, 5.41) is 15.3. The van der Waals surface area contributed by atoms with Crippen LogP contribution in [0.2, 0.25) is 5.15 Å². The van der Waals surface area contributed by atoms with E-state index in [1.807, 2.05) is 23.0 Å². The van der Waals surface area contributed by atoms with Gasteiger partial charge >= 0.3 is 0 Å². The summed E-state index contributed by atoms with van der Waals surface area (Å²) in [6.07, 6.45) is 4.70. The number of anilines is 1. The zero-order valence-corrected chi connectivity index (χ0v) is 9.43. The summed E-state index contributed by atoms with van der Waals surface area (Å²) in [7, 11) is 0. The number of hydrogen-bond donors (Lipinski definition) is 1. The fraction of sp³-hybridized carbons (Fsp3) is 0.300. The van der Waals surface area contributed by atoms with Gasteiger partial charge in [-0.2, -0.15) is 5.10 Å². The molecule has 0 spiro atoms. The third-order valence-electron chi connectivity index (χ3n) is 2.06. The lowest BCUT2D eigenvalue weighted by atomic mass is 10.4. The van der Waals surface area contributed by atoms with Gasteiger partial charge in [0.05, 0.1) is 0 Å². The van der Waals surface area contributed by atoms with Gasteiger partial charge in [-0.15, -0.1) is 10.2 Å². The second-order valence-corrected chi connectivity index (χ2v) is 3.68. The molecule has 5 nitrogen and oxygen atoms in total. The second-order valence-electron chi connectivity index (χ2n) is 3.29. The van der Waals surface area contributed by atoms with Crippen LogP contribution in [0, 0.1) is 0 Å².